The summed E-state index contributed by atoms with van der Waals surface area (Å²) in [5.74, 6) is 0.940. The number of carbonyl (C=O) groups is 1. The quantitative estimate of drug-likeness (QED) is 0.715. The van der Waals surface area contributed by atoms with E-state index in [0.717, 1.165) is 19.4 Å². The number of nitrogens with zero attached hydrogens (tertiary/aromatic N) is 1. The lowest BCUT2D eigenvalue weighted by Crippen LogP contribution is -2.41. The van der Waals surface area contributed by atoms with Crippen LogP contribution in [0.15, 0.2) is 0 Å². The van der Waals surface area contributed by atoms with Gasteiger partial charge in [0.15, 0.2) is 0 Å². The number of piperidine rings is 1. The molecular weight excluding hydrogens is 218 g/mol. The fourth-order valence-corrected chi connectivity index (χ4v) is 2.08. The van der Waals surface area contributed by atoms with Gasteiger partial charge in [0.25, 0.3) is 0 Å². The third-order valence-corrected chi connectivity index (χ3v) is 3.04. The van der Waals surface area contributed by atoms with E-state index >= 15 is 0 Å². The Morgan fingerprint density at radius 2 is 2.29 bits per heavy atom. The lowest BCUT2D eigenvalue weighted by molar-refractivity contribution is -0.134. The highest BCUT2D eigenvalue weighted by Gasteiger charge is 2.22. The first-order valence-electron chi connectivity index (χ1n) is 6.60. The van der Waals surface area contributed by atoms with E-state index in [1.54, 1.807) is 0 Å². The van der Waals surface area contributed by atoms with Crippen LogP contribution in [0, 0.1) is 11.8 Å². The number of amides is 1. The summed E-state index contributed by atoms with van der Waals surface area (Å²) < 4.78 is 5.41. The molecule has 0 aromatic rings. The summed E-state index contributed by atoms with van der Waals surface area (Å²) in [6, 6.07) is 0. The Bertz CT molecular complexity index is 231. The van der Waals surface area contributed by atoms with Gasteiger partial charge >= 0.3 is 0 Å². The molecule has 0 radical (unpaired) electrons. The zero-order valence-corrected chi connectivity index (χ0v) is 11.0. The maximum absolute atomic E-state index is 11.9. The molecule has 1 aliphatic heterocycles. The number of aliphatic hydroxyl groups excluding tert-OH is 1. The number of hydrogen-bond donors (Lipinski definition) is 1. The van der Waals surface area contributed by atoms with E-state index in [2.05, 4.69) is 13.8 Å². The van der Waals surface area contributed by atoms with Gasteiger partial charge in [0.2, 0.25) is 5.91 Å². The Kier molecular flexibility index (Phi) is 6.52. The van der Waals surface area contributed by atoms with Gasteiger partial charge in [0.05, 0.1) is 13.0 Å². The van der Waals surface area contributed by atoms with Crippen molar-refractivity contribution in [3.8, 4) is 0 Å². The Morgan fingerprint density at radius 3 is 2.94 bits per heavy atom. The van der Waals surface area contributed by atoms with Crippen LogP contribution in [0.5, 0.6) is 0 Å². The minimum atomic E-state index is 0.159. The largest absolute Gasteiger partial charge is 0.396 e. The standard InChI is InChI=1S/C13H25NO3/c1-11(2)10-17-7-5-13(16)14-6-3-4-12(8-14)9-15/h11-12,15H,3-10H2,1-2H3. The fraction of sp³-hybridized carbons (Fsp3) is 0.923. The van der Waals surface area contributed by atoms with Crippen molar-refractivity contribution in [2.75, 3.05) is 32.9 Å². The summed E-state index contributed by atoms with van der Waals surface area (Å²) >= 11 is 0. The van der Waals surface area contributed by atoms with E-state index < -0.39 is 0 Å². The maximum atomic E-state index is 11.9. The van der Waals surface area contributed by atoms with Gasteiger partial charge in [-0.25, -0.2) is 0 Å². The van der Waals surface area contributed by atoms with E-state index in [4.69, 9.17) is 9.84 Å². The van der Waals surface area contributed by atoms with E-state index in [9.17, 15) is 4.79 Å². The highest BCUT2D eigenvalue weighted by Crippen LogP contribution is 2.16. The van der Waals surface area contributed by atoms with Crippen molar-refractivity contribution in [2.24, 2.45) is 11.8 Å². The van der Waals surface area contributed by atoms with Crippen LogP contribution in [0.1, 0.15) is 33.1 Å². The number of ether oxygens (including phenoxy) is 1. The topological polar surface area (TPSA) is 49.8 Å². The third kappa shape index (κ3) is 5.50. The zero-order valence-electron chi connectivity index (χ0n) is 11.0. The monoisotopic (exact) mass is 243 g/mol. The first kappa shape index (κ1) is 14.5. The average molecular weight is 243 g/mol. The van der Waals surface area contributed by atoms with Crippen LogP contribution in [0.2, 0.25) is 0 Å². The summed E-state index contributed by atoms with van der Waals surface area (Å²) in [5, 5.41) is 9.10. The molecule has 1 rings (SSSR count). The van der Waals surface area contributed by atoms with Crippen molar-refractivity contribution < 1.29 is 14.6 Å². The summed E-state index contributed by atoms with van der Waals surface area (Å²) in [6.45, 7) is 7.15. The van der Waals surface area contributed by atoms with Gasteiger partial charge in [-0.1, -0.05) is 13.8 Å². The molecule has 0 aromatic heterocycles. The molecular formula is C13H25NO3. The molecule has 1 fully saturated rings. The van der Waals surface area contributed by atoms with Crippen LogP contribution in [0.25, 0.3) is 0 Å². The lowest BCUT2D eigenvalue weighted by atomic mass is 9.99. The molecule has 4 heteroatoms. The van der Waals surface area contributed by atoms with E-state index in [1.807, 2.05) is 4.90 Å². The molecule has 1 heterocycles. The number of carbonyl (C=O) groups excluding carboxylic acids is 1. The predicted molar refractivity (Wildman–Crippen MR) is 66.7 cm³/mol. The number of hydrogen-bond acceptors (Lipinski definition) is 3. The van der Waals surface area contributed by atoms with Crippen LogP contribution < -0.4 is 0 Å². The molecule has 0 aromatic carbocycles. The Labute approximate surface area is 104 Å². The zero-order chi connectivity index (χ0) is 12.7. The van der Waals surface area contributed by atoms with Crippen LogP contribution >= 0.6 is 0 Å². The molecule has 1 saturated heterocycles. The van der Waals surface area contributed by atoms with Crippen LogP contribution in [0.4, 0.5) is 0 Å². The van der Waals surface area contributed by atoms with Crippen molar-refractivity contribution in [1.82, 2.24) is 4.90 Å². The first-order valence-corrected chi connectivity index (χ1v) is 6.60. The first-order chi connectivity index (χ1) is 8.13. The van der Waals surface area contributed by atoms with Gasteiger partial charge in [-0.05, 0) is 24.7 Å². The number of aliphatic hydroxyl groups is 1. The second-order valence-corrected chi connectivity index (χ2v) is 5.25. The van der Waals surface area contributed by atoms with Gasteiger partial charge in [0.1, 0.15) is 0 Å². The Morgan fingerprint density at radius 1 is 1.53 bits per heavy atom. The van der Waals surface area contributed by atoms with Gasteiger partial charge in [0, 0.05) is 26.3 Å². The highest BCUT2D eigenvalue weighted by molar-refractivity contribution is 5.76. The maximum Gasteiger partial charge on any atom is 0.224 e. The fourth-order valence-electron chi connectivity index (χ4n) is 2.08. The smallest absolute Gasteiger partial charge is 0.224 e. The summed E-state index contributed by atoms with van der Waals surface area (Å²) in [7, 11) is 0. The summed E-state index contributed by atoms with van der Waals surface area (Å²) in [4.78, 5) is 13.7. The van der Waals surface area contributed by atoms with Crippen molar-refractivity contribution in [1.29, 1.82) is 0 Å². The van der Waals surface area contributed by atoms with Crippen molar-refractivity contribution in [2.45, 2.75) is 33.1 Å². The van der Waals surface area contributed by atoms with E-state index in [-0.39, 0.29) is 18.4 Å². The summed E-state index contributed by atoms with van der Waals surface area (Å²) in [5.41, 5.74) is 0. The molecule has 4 nitrogen and oxygen atoms in total. The lowest BCUT2D eigenvalue weighted by Gasteiger charge is -2.31. The second kappa shape index (κ2) is 7.67. The van der Waals surface area contributed by atoms with Crippen molar-refractivity contribution >= 4 is 5.91 Å². The van der Waals surface area contributed by atoms with Gasteiger partial charge in [-0.15, -0.1) is 0 Å². The van der Waals surface area contributed by atoms with E-state index in [0.29, 0.717) is 32.1 Å². The average Bonchev–Trinajstić information content (AvgIpc) is 2.34. The molecule has 17 heavy (non-hydrogen) atoms. The molecule has 0 saturated carbocycles. The van der Waals surface area contributed by atoms with Crippen molar-refractivity contribution in [3.63, 3.8) is 0 Å². The van der Waals surface area contributed by atoms with Gasteiger partial charge in [-0.3, -0.25) is 4.79 Å². The Hall–Kier alpha value is -0.610. The van der Waals surface area contributed by atoms with Gasteiger partial charge in [-0.2, -0.15) is 0 Å². The molecule has 1 atom stereocenters. The molecule has 1 N–H and O–H groups in total. The van der Waals surface area contributed by atoms with E-state index in [1.165, 1.54) is 0 Å². The minimum Gasteiger partial charge on any atom is -0.396 e. The number of likely N-dealkylation sites (tertiary alicyclic amines) is 1. The molecule has 0 aliphatic carbocycles. The van der Waals surface area contributed by atoms with Crippen LogP contribution in [-0.2, 0) is 9.53 Å². The molecule has 0 spiro atoms. The Balaban J connectivity index is 2.18. The van der Waals surface area contributed by atoms with Gasteiger partial charge < -0.3 is 14.7 Å². The minimum absolute atomic E-state index is 0.159. The molecule has 1 amide bonds. The predicted octanol–water partition coefficient (Wildman–Crippen LogP) is 1.28. The van der Waals surface area contributed by atoms with Crippen LogP contribution in [0.3, 0.4) is 0 Å². The molecule has 0 bridgehead atoms. The second-order valence-electron chi connectivity index (χ2n) is 5.25. The third-order valence-electron chi connectivity index (χ3n) is 3.04. The normalized spacial score (nSPS) is 20.9. The van der Waals surface area contributed by atoms with Crippen molar-refractivity contribution in [3.05, 3.63) is 0 Å². The number of rotatable bonds is 6. The molecule has 100 valence electrons. The summed E-state index contributed by atoms with van der Waals surface area (Å²) in [6.07, 6.45) is 2.50. The van der Waals surface area contributed by atoms with Crippen LogP contribution in [-0.4, -0.2) is 48.8 Å². The highest BCUT2D eigenvalue weighted by atomic mass is 16.5. The molecule has 1 aliphatic rings. The SMILES string of the molecule is CC(C)COCCC(=O)N1CCCC(CO)C1. The molecule has 1 unspecified atom stereocenters.